The highest BCUT2D eigenvalue weighted by Crippen LogP contribution is 2.34. The number of carbonyl (C=O) groups is 3. The van der Waals surface area contributed by atoms with Crippen LogP contribution in [0.15, 0.2) is 58.1 Å². The number of pyridine rings is 1. The molecule has 12 nitrogen and oxygen atoms in total. The first-order valence-electron chi connectivity index (χ1n) is 12.5. The molecule has 13 heteroatoms. The lowest BCUT2D eigenvalue weighted by Crippen LogP contribution is -2.53. The van der Waals surface area contributed by atoms with Gasteiger partial charge in [-0.3, -0.25) is 14.6 Å². The molecule has 1 aromatic carbocycles. The predicted molar refractivity (Wildman–Crippen MR) is 138 cm³/mol. The van der Waals surface area contributed by atoms with E-state index in [4.69, 9.17) is 13.9 Å². The van der Waals surface area contributed by atoms with Crippen molar-refractivity contribution in [3.05, 3.63) is 48.8 Å². The average molecular weight is 557 g/mol. The first-order chi connectivity index (χ1) is 18.7. The van der Waals surface area contributed by atoms with Gasteiger partial charge in [0.15, 0.2) is 5.78 Å². The molecule has 39 heavy (non-hydrogen) atoms. The summed E-state index contributed by atoms with van der Waals surface area (Å²) < 4.78 is 43.6. The Bertz CT molecular complexity index is 1510. The van der Waals surface area contributed by atoms with Crippen LogP contribution in [0.5, 0.6) is 11.7 Å². The molecule has 2 saturated heterocycles. The number of ether oxygens (including phenoxy) is 2. The van der Waals surface area contributed by atoms with Crippen LogP contribution in [-0.2, 0) is 19.6 Å². The largest absolute Gasteiger partial charge is 0.497 e. The van der Waals surface area contributed by atoms with E-state index in [2.05, 4.69) is 10.3 Å². The zero-order chi connectivity index (χ0) is 27.7. The summed E-state index contributed by atoms with van der Waals surface area (Å²) in [6.07, 6.45) is 2.97. The van der Waals surface area contributed by atoms with Crippen molar-refractivity contribution in [1.82, 2.24) is 19.5 Å². The maximum Gasteiger partial charge on any atom is 0.415 e. The second kappa shape index (κ2) is 10.7. The third kappa shape index (κ3) is 5.06. The Morgan fingerprint density at radius 2 is 2.08 bits per heavy atom. The van der Waals surface area contributed by atoms with Crippen molar-refractivity contribution in [3.63, 3.8) is 0 Å². The summed E-state index contributed by atoms with van der Waals surface area (Å²) in [4.78, 5) is 44.5. The molecule has 2 amide bonds. The van der Waals surface area contributed by atoms with E-state index in [1.165, 1.54) is 42.6 Å². The lowest BCUT2D eigenvalue weighted by atomic mass is 10.1. The summed E-state index contributed by atoms with van der Waals surface area (Å²) in [7, 11) is -2.43. The molecule has 3 atom stereocenters. The summed E-state index contributed by atoms with van der Waals surface area (Å²) in [5.41, 5.74) is 0.494. The van der Waals surface area contributed by atoms with E-state index in [9.17, 15) is 22.8 Å². The number of rotatable bonds is 8. The molecule has 2 aliphatic rings. The summed E-state index contributed by atoms with van der Waals surface area (Å²) in [5.74, 6) is -0.273. The van der Waals surface area contributed by atoms with Crippen LogP contribution in [0.25, 0.3) is 11.0 Å². The summed E-state index contributed by atoms with van der Waals surface area (Å²) in [6, 6.07) is 7.01. The van der Waals surface area contributed by atoms with Crippen LogP contribution in [0.3, 0.4) is 0 Å². The molecule has 3 unspecified atom stereocenters. The smallest absolute Gasteiger partial charge is 0.415 e. The lowest BCUT2D eigenvalue weighted by molar-refractivity contribution is -0.138. The van der Waals surface area contributed by atoms with Crippen LogP contribution < -0.4 is 14.8 Å². The number of benzene rings is 1. The lowest BCUT2D eigenvalue weighted by Gasteiger charge is -2.27. The maximum absolute atomic E-state index is 13.5. The number of Topliss-reactive ketones (excluding diaryl/α,β-unsaturated/α-hetero) is 1. The van der Waals surface area contributed by atoms with Gasteiger partial charge in [-0.05, 0) is 43.2 Å². The summed E-state index contributed by atoms with van der Waals surface area (Å²) in [5, 5.41) is 3.26. The minimum absolute atomic E-state index is 0.0134. The van der Waals surface area contributed by atoms with Crippen molar-refractivity contribution in [1.29, 1.82) is 0 Å². The fourth-order valence-electron chi connectivity index (χ4n) is 5.16. The quantitative estimate of drug-likeness (QED) is 0.441. The van der Waals surface area contributed by atoms with Crippen molar-refractivity contribution in [2.45, 2.75) is 49.2 Å². The normalized spacial score (nSPS) is 20.2. The second-order valence-electron chi connectivity index (χ2n) is 9.38. The molecule has 1 N–H and O–H groups in total. The predicted octanol–water partition coefficient (Wildman–Crippen LogP) is 2.34. The number of likely N-dealkylation sites (tertiary alicyclic amines) is 1. The Balaban J connectivity index is 1.29. The number of nitrogens with one attached hydrogen (secondary N) is 1. The Labute approximate surface area is 224 Å². The highest BCUT2D eigenvalue weighted by Gasteiger charge is 2.54. The Hall–Kier alpha value is -3.97. The van der Waals surface area contributed by atoms with Gasteiger partial charge in [-0.25, -0.2) is 13.2 Å². The van der Waals surface area contributed by atoms with E-state index >= 15 is 0 Å². The molecule has 0 saturated carbocycles. The minimum Gasteiger partial charge on any atom is -0.497 e. The molecule has 206 valence electrons. The highest BCUT2D eigenvalue weighted by molar-refractivity contribution is 7.89. The number of furan rings is 1. The average Bonchev–Trinajstić information content (AvgIpc) is 3.62. The van der Waals surface area contributed by atoms with E-state index < -0.39 is 40.1 Å². The van der Waals surface area contributed by atoms with E-state index in [0.717, 1.165) is 4.31 Å². The van der Waals surface area contributed by atoms with Gasteiger partial charge in [0.1, 0.15) is 28.3 Å². The SMILES string of the molecule is CCCC(NC(=O)Oc1cc2cc(OC)ccc2o1)C(=O)N1CCC2C1C(=O)CN2S(=O)(=O)c1cccnc1. The first-order valence-corrected chi connectivity index (χ1v) is 14.0. The van der Waals surface area contributed by atoms with Crippen LogP contribution in [0.4, 0.5) is 4.79 Å². The van der Waals surface area contributed by atoms with Crippen LogP contribution >= 0.6 is 0 Å². The number of ketones is 1. The van der Waals surface area contributed by atoms with Gasteiger partial charge < -0.3 is 24.1 Å². The van der Waals surface area contributed by atoms with E-state index in [1.807, 2.05) is 6.92 Å². The Morgan fingerprint density at radius 1 is 1.26 bits per heavy atom. The first kappa shape index (κ1) is 26.6. The molecule has 0 radical (unpaired) electrons. The number of sulfonamides is 1. The molecule has 2 fully saturated rings. The molecule has 5 rings (SSSR count). The third-order valence-electron chi connectivity index (χ3n) is 6.96. The van der Waals surface area contributed by atoms with Crippen molar-refractivity contribution in [2.75, 3.05) is 20.2 Å². The van der Waals surface area contributed by atoms with Gasteiger partial charge >= 0.3 is 6.09 Å². The zero-order valence-electron chi connectivity index (χ0n) is 21.4. The number of carbonyl (C=O) groups excluding carboxylic acids is 3. The summed E-state index contributed by atoms with van der Waals surface area (Å²) >= 11 is 0. The fourth-order valence-corrected chi connectivity index (χ4v) is 6.75. The second-order valence-corrected chi connectivity index (χ2v) is 11.3. The molecule has 0 bridgehead atoms. The van der Waals surface area contributed by atoms with Gasteiger partial charge in [-0.1, -0.05) is 13.3 Å². The fraction of sp³-hybridized carbons (Fsp3) is 0.385. The van der Waals surface area contributed by atoms with Gasteiger partial charge in [0.2, 0.25) is 15.9 Å². The Morgan fingerprint density at radius 3 is 2.79 bits per heavy atom. The number of nitrogens with zero attached hydrogens (tertiary/aromatic N) is 3. The van der Waals surface area contributed by atoms with Crippen molar-refractivity contribution in [2.24, 2.45) is 0 Å². The maximum atomic E-state index is 13.5. The number of hydrogen-bond donors (Lipinski definition) is 1. The molecule has 3 aromatic rings. The summed E-state index contributed by atoms with van der Waals surface area (Å²) in [6.45, 7) is 1.71. The van der Waals surface area contributed by atoms with E-state index in [1.54, 1.807) is 18.2 Å². The highest BCUT2D eigenvalue weighted by atomic mass is 32.2. The molecule has 2 aromatic heterocycles. The number of hydrogen-bond acceptors (Lipinski definition) is 9. The standard InChI is InChI=1S/C26H28N4O8S/c1-3-5-19(28-26(33)38-23-13-16-12-17(36-2)7-8-22(16)37-23)25(32)29-11-9-20-24(29)21(31)15-30(20)39(34,35)18-6-4-10-27-14-18/h4,6-8,10,12-14,19-20,24H,3,5,9,11,15H2,1-2H3,(H,28,33). The molecule has 0 aliphatic carbocycles. The van der Waals surface area contributed by atoms with Gasteiger partial charge in [-0.15, -0.1) is 0 Å². The van der Waals surface area contributed by atoms with E-state index in [-0.39, 0.29) is 29.7 Å². The Kier molecular flexibility index (Phi) is 7.28. The van der Waals surface area contributed by atoms with Crippen LogP contribution in [0.1, 0.15) is 26.2 Å². The topological polar surface area (TPSA) is 148 Å². The van der Waals surface area contributed by atoms with Gasteiger partial charge in [0.25, 0.3) is 5.95 Å². The van der Waals surface area contributed by atoms with Crippen LogP contribution in [0, 0.1) is 0 Å². The van der Waals surface area contributed by atoms with Crippen molar-refractivity contribution < 1.29 is 36.7 Å². The number of aromatic nitrogens is 1. The van der Waals surface area contributed by atoms with Crippen molar-refractivity contribution >= 4 is 38.8 Å². The monoisotopic (exact) mass is 556 g/mol. The minimum atomic E-state index is -3.97. The van der Waals surface area contributed by atoms with Crippen molar-refractivity contribution in [3.8, 4) is 11.7 Å². The number of methoxy groups -OCH3 is 1. The van der Waals surface area contributed by atoms with E-state index in [0.29, 0.717) is 36.0 Å². The number of fused-ring (bicyclic) bond motifs is 2. The van der Waals surface area contributed by atoms with Gasteiger partial charge in [-0.2, -0.15) is 4.31 Å². The third-order valence-corrected chi connectivity index (χ3v) is 8.82. The van der Waals surface area contributed by atoms with Gasteiger partial charge in [0.05, 0.1) is 19.7 Å². The van der Waals surface area contributed by atoms with Crippen LogP contribution in [-0.4, -0.2) is 78.7 Å². The van der Waals surface area contributed by atoms with Gasteiger partial charge in [0, 0.05) is 30.4 Å². The molecular weight excluding hydrogens is 528 g/mol. The number of amides is 2. The molecule has 2 aliphatic heterocycles. The molecular formula is C26H28N4O8S. The zero-order valence-corrected chi connectivity index (χ0v) is 22.2. The molecule has 4 heterocycles. The molecule has 0 spiro atoms. The van der Waals surface area contributed by atoms with Crippen LogP contribution in [0.2, 0.25) is 0 Å².